The molecule has 0 bridgehead atoms. The summed E-state index contributed by atoms with van der Waals surface area (Å²) < 4.78 is 10.00. The summed E-state index contributed by atoms with van der Waals surface area (Å²) in [5.74, 6) is -0.360. The van der Waals surface area contributed by atoms with Crippen LogP contribution >= 0.6 is 0 Å². The molecule has 1 amide bonds. The zero-order chi connectivity index (χ0) is 16.4. The largest absolute Gasteiger partial charge is 0.448 e. The molecule has 0 aliphatic heterocycles. The number of esters is 1. The average molecular weight is 314 g/mol. The van der Waals surface area contributed by atoms with E-state index in [1.807, 2.05) is 6.07 Å². The minimum atomic E-state index is -1.00. The van der Waals surface area contributed by atoms with Gasteiger partial charge in [0.05, 0.1) is 5.52 Å². The van der Waals surface area contributed by atoms with E-state index in [-0.39, 0.29) is 11.5 Å². The zero-order valence-corrected chi connectivity index (χ0v) is 12.5. The number of aryl methyl sites for hydroxylation is 1. The molecule has 0 spiro atoms. The molecule has 0 fully saturated rings. The van der Waals surface area contributed by atoms with E-state index >= 15 is 0 Å². The molecule has 2 N–H and O–H groups in total. The number of amides is 1. The van der Waals surface area contributed by atoms with Crippen molar-refractivity contribution in [3.05, 3.63) is 41.8 Å². The van der Waals surface area contributed by atoms with Crippen molar-refractivity contribution in [2.45, 2.75) is 20.0 Å². The Morgan fingerprint density at radius 3 is 2.87 bits per heavy atom. The number of fused-ring (bicyclic) bond motifs is 1. The summed E-state index contributed by atoms with van der Waals surface area (Å²) in [5.41, 5.74) is 0.854. The molecule has 2 heterocycles. The second kappa shape index (κ2) is 5.91. The van der Waals surface area contributed by atoms with Crippen LogP contribution in [0.3, 0.4) is 0 Å². The summed E-state index contributed by atoms with van der Waals surface area (Å²) in [4.78, 5) is 24.2. The molecule has 8 heteroatoms. The minimum Gasteiger partial charge on any atom is -0.448 e. The van der Waals surface area contributed by atoms with Gasteiger partial charge in [-0.25, -0.2) is 4.79 Å². The van der Waals surface area contributed by atoms with E-state index < -0.39 is 18.0 Å². The van der Waals surface area contributed by atoms with E-state index in [2.05, 4.69) is 20.7 Å². The van der Waals surface area contributed by atoms with Crippen molar-refractivity contribution in [2.24, 2.45) is 0 Å². The van der Waals surface area contributed by atoms with Crippen LogP contribution in [0, 0.1) is 6.92 Å². The molecule has 8 nitrogen and oxygen atoms in total. The number of H-pyrrole nitrogens is 1. The van der Waals surface area contributed by atoms with Crippen molar-refractivity contribution in [1.29, 1.82) is 0 Å². The van der Waals surface area contributed by atoms with Gasteiger partial charge in [-0.2, -0.15) is 5.10 Å². The summed E-state index contributed by atoms with van der Waals surface area (Å²) in [6.45, 7) is 3.17. The molecule has 0 unspecified atom stereocenters. The number of aromatic amines is 1. The van der Waals surface area contributed by atoms with E-state index in [4.69, 9.17) is 9.26 Å². The van der Waals surface area contributed by atoms with Gasteiger partial charge >= 0.3 is 5.97 Å². The highest BCUT2D eigenvalue weighted by atomic mass is 16.5. The second-order valence-corrected chi connectivity index (χ2v) is 4.98. The van der Waals surface area contributed by atoms with E-state index in [0.29, 0.717) is 11.1 Å². The Hall–Kier alpha value is -3.16. The molecule has 23 heavy (non-hydrogen) atoms. The summed E-state index contributed by atoms with van der Waals surface area (Å²) in [6.07, 6.45) is -1.00. The van der Waals surface area contributed by atoms with Crippen molar-refractivity contribution < 1.29 is 18.8 Å². The molecule has 0 aliphatic carbocycles. The summed E-state index contributed by atoms with van der Waals surface area (Å²) in [5, 5.41) is 13.5. The maximum absolute atomic E-state index is 12.2. The first kappa shape index (κ1) is 14.8. The van der Waals surface area contributed by atoms with Crippen LogP contribution in [0.25, 0.3) is 10.9 Å². The van der Waals surface area contributed by atoms with Crippen molar-refractivity contribution >= 4 is 28.6 Å². The Morgan fingerprint density at radius 2 is 2.13 bits per heavy atom. The van der Waals surface area contributed by atoms with Crippen LogP contribution in [0.4, 0.5) is 5.82 Å². The Kier molecular flexibility index (Phi) is 3.80. The van der Waals surface area contributed by atoms with Gasteiger partial charge in [0.2, 0.25) is 0 Å². The van der Waals surface area contributed by atoms with Crippen LogP contribution < -0.4 is 5.32 Å². The van der Waals surface area contributed by atoms with Gasteiger partial charge in [0, 0.05) is 11.5 Å². The fraction of sp³-hybridized carbons (Fsp3) is 0.200. The predicted molar refractivity (Wildman–Crippen MR) is 80.8 cm³/mol. The lowest BCUT2D eigenvalue weighted by Crippen LogP contribution is -2.30. The standard InChI is InChI=1S/C15H14N4O4/c1-8-7-12(19-23-8)16-14(20)9(2)22-15(21)13-10-5-3-4-6-11(10)17-18-13/h3-7,9H,1-2H3,(H,17,18)(H,16,19,20)/t9-/m0/s1. The van der Waals surface area contributed by atoms with Gasteiger partial charge in [0.15, 0.2) is 17.6 Å². The minimum absolute atomic E-state index is 0.137. The predicted octanol–water partition coefficient (Wildman–Crippen LogP) is 2.04. The van der Waals surface area contributed by atoms with Gasteiger partial charge in [-0.3, -0.25) is 9.89 Å². The van der Waals surface area contributed by atoms with Crippen LogP contribution in [0.5, 0.6) is 0 Å². The number of carbonyl (C=O) groups excluding carboxylic acids is 2. The maximum atomic E-state index is 12.2. The fourth-order valence-electron chi connectivity index (χ4n) is 2.04. The molecule has 0 radical (unpaired) electrons. The lowest BCUT2D eigenvalue weighted by Gasteiger charge is -2.11. The molecule has 2 aromatic heterocycles. The highest BCUT2D eigenvalue weighted by molar-refractivity contribution is 6.03. The maximum Gasteiger partial charge on any atom is 0.360 e. The van der Waals surface area contributed by atoms with Gasteiger partial charge < -0.3 is 14.6 Å². The Morgan fingerprint density at radius 1 is 1.35 bits per heavy atom. The van der Waals surface area contributed by atoms with E-state index in [9.17, 15) is 9.59 Å². The number of para-hydroxylation sites is 1. The first-order valence-corrected chi connectivity index (χ1v) is 6.93. The van der Waals surface area contributed by atoms with Crippen LogP contribution in [0.15, 0.2) is 34.9 Å². The molecule has 1 atom stereocenters. The lowest BCUT2D eigenvalue weighted by molar-refractivity contribution is -0.123. The number of anilines is 1. The number of nitrogens with one attached hydrogen (secondary N) is 2. The number of carbonyl (C=O) groups is 2. The Bertz CT molecular complexity index is 867. The highest BCUT2D eigenvalue weighted by Crippen LogP contribution is 2.16. The molecule has 0 saturated carbocycles. The van der Waals surface area contributed by atoms with Gasteiger partial charge in [-0.1, -0.05) is 23.4 Å². The normalized spacial score (nSPS) is 12.1. The van der Waals surface area contributed by atoms with E-state index in [1.54, 1.807) is 31.2 Å². The summed E-state index contributed by atoms with van der Waals surface area (Å²) in [7, 11) is 0. The van der Waals surface area contributed by atoms with Gasteiger partial charge in [0.25, 0.3) is 5.91 Å². The van der Waals surface area contributed by atoms with Crippen LogP contribution in [-0.2, 0) is 9.53 Å². The number of rotatable bonds is 4. The SMILES string of the molecule is Cc1cc(NC(=O)[C@H](C)OC(=O)c2n[nH]c3ccccc23)no1. The number of benzene rings is 1. The first-order chi connectivity index (χ1) is 11.0. The molecule has 3 rings (SSSR count). The molecule has 1 aromatic carbocycles. The zero-order valence-electron chi connectivity index (χ0n) is 12.5. The van der Waals surface area contributed by atoms with Crippen LogP contribution in [0.2, 0.25) is 0 Å². The van der Waals surface area contributed by atoms with Crippen molar-refractivity contribution in [3.8, 4) is 0 Å². The molecular formula is C15H14N4O4. The first-order valence-electron chi connectivity index (χ1n) is 6.93. The molecule has 0 saturated heterocycles. The molecular weight excluding hydrogens is 300 g/mol. The average Bonchev–Trinajstić information content (AvgIpc) is 3.13. The third-order valence-corrected chi connectivity index (χ3v) is 3.20. The van der Waals surface area contributed by atoms with E-state index in [1.165, 1.54) is 6.92 Å². The summed E-state index contributed by atoms with van der Waals surface area (Å²) >= 11 is 0. The van der Waals surface area contributed by atoms with Gasteiger partial charge in [-0.15, -0.1) is 0 Å². The third-order valence-electron chi connectivity index (χ3n) is 3.20. The highest BCUT2D eigenvalue weighted by Gasteiger charge is 2.22. The van der Waals surface area contributed by atoms with Crippen molar-refractivity contribution in [1.82, 2.24) is 15.4 Å². The third kappa shape index (κ3) is 3.05. The molecule has 118 valence electrons. The number of ether oxygens (including phenoxy) is 1. The van der Waals surface area contributed by atoms with Gasteiger partial charge in [-0.05, 0) is 19.9 Å². The number of nitrogens with zero attached hydrogens (tertiary/aromatic N) is 2. The number of hydrogen-bond donors (Lipinski definition) is 2. The topological polar surface area (TPSA) is 110 Å². The van der Waals surface area contributed by atoms with Crippen LogP contribution in [-0.4, -0.2) is 33.3 Å². The van der Waals surface area contributed by atoms with Crippen molar-refractivity contribution in [3.63, 3.8) is 0 Å². The Balaban J connectivity index is 1.68. The number of hydrogen-bond acceptors (Lipinski definition) is 6. The molecule has 3 aromatic rings. The van der Waals surface area contributed by atoms with Crippen LogP contribution in [0.1, 0.15) is 23.2 Å². The van der Waals surface area contributed by atoms with E-state index in [0.717, 1.165) is 5.52 Å². The van der Waals surface area contributed by atoms with Gasteiger partial charge in [0.1, 0.15) is 5.76 Å². The molecule has 0 aliphatic rings. The second-order valence-electron chi connectivity index (χ2n) is 4.98. The fourth-order valence-corrected chi connectivity index (χ4v) is 2.04. The van der Waals surface area contributed by atoms with Crippen molar-refractivity contribution in [2.75, 3.05) is 5.32 Å². The summed E-state index contributed by atoms with van der Waals surface area (Å²) in [6, 6.07) is 8.72. The quantitative estimate of drug-likeness (QED) is 0.713. The smallest absolute Gasteiger partial charge is 0.360 e. The monoisotopic (exact) mass is 314 g/mol. The Labute approximate surface area is 130 Å². The lowest BCUT2D eigenvalue weighted by atomic mass is 10.2. The number of aromatic nitrogens is 3.